The average molecular weight is 526 g/mol. The molecule has 37 heavy (non-hydrogen) atoms. The van der Waals surface area contributed by atoms with Gasteiger partial charge in [-0.2, -0.15) is 0 Å². The van der Waals surface area contributed by atoms with Gasteiger partial charge in [-0.1, -0.05) is 33.8 Å². The third-order valence-electron chi connectivity index (χ3n) is 5.28. The van der Waals surface area contributed by atoms with Crippen LogP contribution in [0.5, 0.6) is 11.5 Å². The van der Waals surface area contributed by atoms with Crippen LogP contribution in [0, 0.1) is 11.8 Å². The summed E-state index contributed by atoms with van der Waals surface area (Å²) in [7, 11) is 0. The summed E-state index contributed by atoms with van der Waals surface area (Å²) < 4.78 is 25.8. The van der Waals surface area contributed by atoms with Gasteiger partial charge in [0.2, 0.25) is 0 Å². The molecular formula is C26H39NO10. The van der Waals surface area contributed by atoms with E-state index in [9.17, 15) is 24.3 Å². The van der Waals surface area contributed by atoms with Gasteiger partial charge in [0, 0.05) is 12.8 Å². The third-order valence-corrected chi connectivity index (χ3v) is 5.28. The summed E-state index contributed by atoms with van der Waals surface area (Å²) in [6.07, 6.45) is -1.34. The molecule has 0 heterocycles. The Hall–Kier alpha value is -3.34. The molecule has 0 fully saturated rings. The van der Waals surface area contributed by atoms with Crippen molar-refractivity contribution in [2.45, 2.75) is 78.9 Å². The lowest BCUT2D eigenvalue weighted by atomic mass is 9.87. The van der Waals surface area contributed by atoms with Crippen LogP contribution in [0.15, 0.2) is 18.2 Å². The maximum absolute atomic E-state index is 12.3. The van der Waals surface area contributed by atoms with Crippen LogP contribution in [0.1, 0.15) is 72.3 Å². The van der Waals surface area contributed by atoms with Gasteiger partial charge in [-0.05, 0) is 55.7 Å². The second-order valence-electron chi connectivity index (χ2n) is 9.60. The number of carboxylic acid groups (broad SMARTS) is 1. The normalized spacial score (nSPS) is 13.4. The zero-order chi connectivity index (χ0) is 28.1. The summed E-state index contributed by atoms with van der Waals surface area (Å²) in [5.41, 5.74) is 6.30. The first kappa shape index (κ1) is 31.7. The monoisotopic (exact) mass is 525 g/mol. The van der Waals surface area contributed by atoms with Crippen LogP contribution in [0.3, 0.4) is 0 Å². The molecule has 3 N–H and O–H groups in total. The second kappa shape index (κ2) is 15.7. The van der Waals surface area contributed by atoms with E-state index in [-0.39, 0.29) is 31.1 Å². The van der Waals surface area contributed by atoms with Crippen LogP contribution >= 0.6 is 0 Å². The smallest absolute Gasteiger partial charge is 0.480 e. The molecule has 1 rings (SSSR count). The highest BCUT2D eigenvalue weighted by Crippen LogP contribution is 2.35. The first-order chi connectivity index (χ1) is 17.3. The van der Waals surface area contributed by atoms with E-state index in [0.717, 1.165) is 0 Å². The fourth-order valence-corrected chi connectivity index (χ4v) is 3.26. The topological polar surface area (TPSA) is 161 Å². The molecule has 11 heteroatoms. The number of rotatable bonds is 14. The molecule has 1 aromatic carbocycles. The number of nitrogens with two attached hydrogens (primary N) is 1. The van der Waals surface area contributed by atoms with E-state index in [1.807, 2.05) is 27.7 Å². The fraction of sp³-hybridized carbons (Fsp3) is 0.615. The van der Waals surface area contributed by atoms with Crippen LogP contribution in [-0.4, -0.2) is 54.7 Å². The summed E-state index contributed by atoms with van der Waals surface area (Å²) in [4.78, 5) is 47.5. The van der Waals surface area contributed by atoms with Crippen LogP contribution in [0.25, 0.3) is 0 Å². The molecular weight excluding hydrogens is 486 g/mol. The SMILES string of the molecule is CC(=O)OC(C)CC(c1ccc(OC(=O)OCCC(C)C)c(OC(=O)OCCC(C)C)c1)[C@H](N)C(=O)O. The van der Waals surface area contributed by atoms with Crippen molar-refractivity contribution in [3.8, 4) is 11.5 Å². The maximum Gasteiger partial charge on any atom is 0.513 e. The third kappa shape index (κ3) is 12.4. The van der Waals surface area contributed by atoms with Gasteiger partial charge in [-0.3, -0.25) is 9.59 Å². The van der Waals surface area contributed by atoms with E-state index in [0.29, 0.717) is 30.2 Å². The molecule has 0 saturated heterocycles. The summed E-state index contributed by atoms with van der Waals surface area (Å²) in [6.45, 7) is 11.0. The van der Waals surface area contributed by atoms with Crippen molar-refractivity contribution in [1.82, 2.24) is 0 Å². The lowest BCUT2D eigenvalue weighted by Gasteiger charge is -2.25. The largest absolute Gasteiger partial charge is 0.513 e. The van der Waals surface area contributed by atoms with Gasteiger partial charge in [0.1, 0.15) is 6.04 Å². The maximum atomic E-state index is 12.3. The van der Waals surface area contributed by atoms with Crippen molar-refractivity contribution in [3.05, 3.63) is 23.8 Å². The number of esters is 1. The molecule has 0 saturated carbocycles. The summed E-state index contributed by atoms with van der Waals surface area (Å²) in [6, 6.07) is 2.81. The highest BCUT2D eigenvalue weighted by molar-refractivity contribution is 5.75. The molecule has 0 bridgehead atoms. The Kier molecular flexibility index (Phi) is 13.4. The van der Waals surface area contributed by atoms with Crippen molar-refractivity contribution in [2.75, 3.05) is 13.2 Å². The van der Waals surface area contributed by atoms with E-state index in [1.54, 1.807) is 6.92 Å². The molecule has 208 valence electrons. The lowest BCUT2D eigenvalue weighted by molar-refractivity contribution is -0.146. The Morgan fingerprint density at radius 3 is 1.84 bits per heavy atom. The van der Waals surface area contributed by atoms with Gasteiger partial charge >= 0.3 is 24.2 Å². The highest BCUT2D eigenvalue weighted by Gasteiger charge is 2.30. The van der Waals surface area contributed by atoms with E-state index >= 15 is 0 Å². The van der Waals surface area contributed by atoms with Gasteiger partial charge in [0.15, 0.2) is 11.5 Å². The van der Waals surface area contributed by atoms with Gasteiger partial charge in [-0.25, -0.2) is 9.59 Å². The van der Waals surface area contributed by atoms with Crippen LogP contribution in [0.4, 0.5) is 9.59 Å². The van der Waals surface area contributed by atoms with Crippen molar-refractivity contribution < 1.29 is 48.0 Å². The molecule has 0 spiro atoms. The molecule has 11 nitrogen and oxygen atoms in total. The first-order valence-electron chi connectivity index (χ1n) is 12.3. The predicted octanol–water partition coefficient (Wildman–Crippen LogP) is 4.65. The quantitative estimate of drug-likeness (QED) is 0.198. The van der Waals surface area contributed by atoms with Gasteiger partial charge in [0.05, 0.1) is 19.3 Å². The Morgan fingerprint density at radius 1 is 0.865 bits per heavy atom. The number of benzene rings is 1. The van der Waals surface area contributed by atoms with E-state index in [1.165, 1.54) is 25.1 Å². The van der Waals surface area contributed by atoms with Gasteiger partial charge in [-0.15, -0.1) is 0 Å². The Labute approximate surface area is 217 Å². The fourth-order valence-electron chi connectivity index (χ4n) is 3.26. The lowest BCUT2D eigenvalue weighted by Crippen LogP contribution is -2.38. The van der Waals surface area contributed by atoms with Crippen LogP contribution < -0.4 is 15.2 Å². The standard InChI is InChI=1S/C26H39NO10/c1-15(2)9-11-33-25(31)36-21-8-7-19(14-22(21)37-26(32)34-12-10-16(3)4)20(23(27)24(29)30)13-17(5)35-18(6)28/h7-8,14-17,20,23H,9-13,27H2,1-6H3,(H,29,30)/t17?,20?,23-/m0/s1. The summed E-state index contributed by atoms with van der Waals surface area (Å²) in [5, 5.41) is 9.54. The number of aliphatic carboxylic acids is 1. The van der Waals surface area contributed by atoms with Crippen molar-refractivity contribution in [3.63, 3.8) is 0 Å². The molecule has 0 radical (unpaired) electrons. The number of carboxylic acids is 1. The molecule has 2 unspecified atom stereocenters. The zero-order valence-electron chi connectivity index (χ0n) is 22.4. The van der Waals surface area contributed by atoms with Gasteiger partial charge in [0.25, 0.3) is 0 Å². The number of carbonyl (C=O) groups is 4. The average Bonchev–Trinajstić information content (AvgIpc) is 2.77. The minimum atomic E-state index is -1.36. The van der Waals surface area contributed by atoms with Crippen LogP contribution in [0.2, 0.25) is 0 Å². The Bertz CT molecular complexity index is 915. The van der Waals surface area contributed by atoms with Crippen molar-refractivity contribution in [2.24, 2.45) is 17.6 Å². The van der Waals surface area contributed by atoms with E-state index in [4.69, 9.17) is 29.4 Å². The molecule has 0 aromatic heterocycles. The van der Waals surface area contributed by atoms with Crippen LogP contribution in [-0.2, 0) is 23.8 Å². The number of ether oxygens (including phenoxy) is 5. The molecule has 3 atom stereocenters. The van der Waals surface area contributed by atoms with E-state index in [2.05, 4.69) is 0 Å². The van der Waals surface area contributed by atoms with E-state index < -0.39 is 42.3 Å². The summed E-state index contributed by atoms with van der Waals surface area (Å²) >= 11 is 0. The summed E-state index contributed by atoms with van der Waals surface area (Å²) in [5.74, 6) is -2.33. The minimum absolute atomic E-state index is 0.0722. The zero-order valence-corrected chi connectivity index (χ0v) is 22.4. The molecule has 1 aromatic rings. The second-order valence-corrected chi connectivity index (χ2v) is 9.60. The predicted molar refractivity (Wildman–Crippen MR) is 134 cm³/mol. The Morgan fingerprint density at radius 2 is 1.38 bits per heavy atom. The number of hydrogen-bond acceptors (Lipinski definition) is 10. The highest BCUT2D eigenvalue weighted by atomic mass is 16.7. The number of carbonyl (C=O) groups excluding carboxylic acids is 3. The van der Waals surface area contributed by atoms with Gasteiger partial charge < -0.3 is 34.5 Å². The minimum Gasteiger partial charge on any atom is -0.480 e. The number of hydrogen-bond donors (Lipinski definition) is 2. The van der Waals surface area contributed by atoms with Crippen molar-refractivity contribution >= 4 is 24.2 Å². The molecule has 0 aliphatic carbocycles. The van der Waals surface area contributed by atoms with Crippen molar-refractivity contribution in [1.29, 1.82) is 0 Å². The first-order valence-corrected chi connectivity index (χ1v) is 12.3. The molecule has 0 aliphatic rings. The Balaban J connectivity index is 3.25. The molecule has 0 aliphatic heterocycles. The molecule has 0 amide bonds.